The number of halogens is 1. The number of hydrogen-bond donors (Lipinski definition) is 1. The molecule has 2 aliphatic rings. The molecule has 76 valence electrons. The molecule has 1 aliphatic carbocycles. The van der Waals surface area contributed by atoms with Gasteiger partial charge in [-0.2, -0.15) is 4.41 Å². The van der Waals surface area contributed by atoms with Crippen LogP contribution in [0.1, 0.15) is 0 Å². The van der Waals surface area contributed by atoms with Crippen LogP contribution in [-0.4, -0.2) is 24.0 Å². The van der Waals surface area contributed by atoms with Crippen molar-refractivity contribution in [1.82, 2.24) is 4.41 Å². The molecule has 0 bridgehead atoms. The lowest BCUT2D eigenvalue weighted by Crippen LogP contribution is -2.37. The molecule has 0 spiro atoms. The second kappa shape index (κ2) is 3.04. The van der Waals surface area contributed by atoms with Gasteiger partial charge in [-0.1, -0.05) is 18.2 Å². The van der Waals surface area contributed by atoms with Gasteiger partial charge in [0.25, 0.3) is 15.9 Å². The summed E-state index contributed by atoms with van der Waals surface area (Å²) in [4.78, 5) is 11.4. The lowest BCUT2D eigenvalue weighted by Gasteiger charge is -2.11. The van der Waals surface area contributed by atoms with Crippen LogP contribution in [0.4, 0.5) is 0 Å². The molecule has 2 unspecified atom stereocenters. The van der Waals surface area contributed by atoms with Gasteiger partial charge in [-0.15, -0.1) is 0 Å². The Morgan fingerprint density at radius 1 is 1.50 bits per heavy atom. The van der Waals surface area contributed by atoms with Gasteiger partial charge in [-0.3, -0.25) is 4.79 Å². The molecular formula is C7H7IN2O3S. The Kier molecular flexibility index (Phi) is 2.20. The SMILES string of the molecule is NN1C(=O)C2C=CC(I)=CC2S1(=O)=O. The average Bonchev–Trinajstić information content (AvgIpc) is 2.29. The van der Waals surface area contributed by atoms with Gasteiger partial charge in [0, 0.05) is 3.58 Å². The standard InChI is InChI=1S/C7H7IN2O3S/c8-4-1-2-5-6(3-4)14(12,13)10(9)7(5)11/h1-3,5-6H,9H2. The molecule has 0 aromatic heterocycles. The highest BCUT2D eigenvalue weighted by atomic mass is 127. The summed E-state index contributed by atoms with van der Waals surface area (Å²) >= 11 is 2.00. The van der Waals surface area contributed by atoms with E-state index in [0.717, 1.165) is 3.58 Å². The van der Waals surface area contributed by atoms with Crippen LogP contribution in [0.2, 0.25) is 0 Å². The molecule has 1 heterocycles. The molecule has 0 radical (unpaired) electrons. The first-order valence-corrected chi connectivity index (χ1v) is 6.41. The molecule has 2 atom stereocenters. The quantitative estimate of drug-likeness (QED) is 0.383. The van der Waals surface area contributed by atoms with Gasteiger partial charge >= 0.3 is 0 Å². The summed E-state index contributed by atoms with van der Waals surface area (Å²) in [6, 6.07) is 0. The van der Waals surface area contributed by atoms with E-state index >= 15 is 0 Å². The van der Waals surface area contributed by atoms with Crippen molar-refractivity contribution >= 4 is 38.5 Å². The molecule has 2 N–H and O–H groups in total. The number of allylic oxidation sites excluding steroid dienone is 2. The van der Waals surface area contributed by atoms with Gasteiger partial charge < -0.3 is 0 Å². The summed E-state index contributed by atoms with van der Waals surface area (Å²) in [5.41, 5.74) is 0. The third-order valence-corrected chi connectivity index (χ3v) is 4.83. The minimum Gasteiger partial charge on any atom is -0.272 e. The first kappa shape index (κ1) is 10.1. The molecule has 1 saturated heterocycles. The Balaban J connectivity index is 2.55. The number of hydrazine groups is 1. The van der Waals surface area contributed by atoms with Crippen molar-refractivity contribution in [2.45, 2.75) is 5.25 Å². The van der Waals surface area contributed by atoms with Crippen molar-refractivity contribution < 1.29 is 13.2 Å². The summed E-state index contributed by atoms with van der Waals surface area (Å²) in [6.45, 7) is 0. The van der Waals surface area contributed by atoms with Crippen LogP contribution in [0.15, 0.2) is 21.8 Å². The van der Waals surface area contributed by atoms with Crippen molar-refractivity contribution in [2.75, 3.05) is 0 Å². The van der Waals surface area contributed by atoms with Crippen molar-refractivity contribution in [1.29, 1.82) is 0 Å². The fraction of sp³-hybridized carbons (Fsp3) is 0.286. The summed E-state index contributed by atoms with van der Waals surface area (Å²) in [6.07, 6.45) is 4.85. The summed E-state index contributed by atoms with van der Waals surface area (Å²) < 4.78 is 24.3. The van der Waals surface area contributed by atoms with Crippen LogP contribution < -0.4 is 5.84 Å². The number of hydrogen-bond acceptors (Lipinski definition) is 4. The van der Waals surface area contributed by atoms with Gasteiger partial charge in [0.05, 0.1) is 5.92 Å². The molecule has 0 aromatic rings. The zero-order valence-electron chi connectivity index (χ0n) is 6.92. The van der Waals surface area contributed by atoms with E-state index in [9.17, 15) is 13.2 Å². The maximum atomic E-state index is 11.6. The van der Waals surface area contributed by atoms with Crippen LogP contribution in [0, 0.1) is 5.92 Å². The Labute approximate surface area is 94.8 Å². The molecule has 0 aromatic carbocycles. The van der Waals surface area contributed by atoms with Gasteiger partial charge in [0.1, 0.15) is 5.25 Å². The number of amides is 1. The number of rotatable bonds is 0. The molecule has 14 heavy (non-hydrogen) atoms. The largest absolute Gasteiger partial charge is 0.272 e. The van der Waals surface area contributed by atoms with Crippen LogP contribution >= 0.6 is 22.6 Å². The summed E-state index contributed by atoms with van der Waals surface area (Å²) in [5, 5.41) is -0.822. The minimum absolute atomic E-state index is 0.346. The van der Waals surface area contributed by atoms with Crippen molar-refractivity contribution in [3.63, 3.8) is 0 Å². The number of sulfonamides is 1. The number of carbonyl (C=O) groups excluding carboxylic acids is 1. The zero-order chi connectivity index (χ0) is 10.5. The van der Waals surface area contributed by atoms with E-state index in [2.05, 4.69) is 0 Å². The zero-order valence-corrected chi connectivity index (χ0v) is 9.90. The molecular weight excluding hydrogens is 319 g/mol. The molecule has 5 nitrogen and oxygen atoms in total. The average molecular weight is 326 g/mol. The predicted molar refractivity (Wildman–Crippen MR) is 58.5 cm³/mol. The van der Waals surface area contributed by atoms with Gasteiger partial charge in [-0.05, 0) is 22.6 Å². The van der Waals surface area contributed by atoms with E-state index in [1.807, 2.05) is 22.6 Å². The number of carbonyl (C=O) groups is 1. The van der Waals surface area contributed by atoms with Crippen molar-refractivity contribution in [3.05, 3.63) is 21.8 Å². The fourth-order valence-corrected chi connectivity index (χ4v) is 3.89. The molecule has 0 saturated carbocycles. The van der Waals surface area contributed by atoms with Crippen molar-refractivity contribution in [2.24, 2.45) is 11.8 Å². The predicted octanol–water partition coefficient (Wildman–Crippen LogP) is -0.0944. The molecule has 1 amide bonds. The van der Waals surface area contributed by atoms with Crippen LogP contribution in [0.3, 0.4) is 0 Å². The highest BCUT2D eigenvalue weighted by Crippen LogP contribution is 2.33. The van der Waals surface area contributed by atoms with E-state index in [-0.39, 0.29) is 0 Å². The molecule has 7 heteroatoms. The normalized spacial score (nSPS) is 34.3. The molecule has 1 aliphatic heterocycles. The lowest BCUT2D eigenvalue weighted by molar-refractivity contribution is -0.127. The fourth-order valence-electron chi connectivity index (χ4n) is 1.52. The molecule has 2 rings (SSSR count). The summed E-state index contributed by atoms with van der Waals surface area (Å²) in [5.74, 6) is 3.98. The lowest BCUT2D eigenvalue weighted by atomic mass is 10.00. The first-order valence-electron chi connectivity index (χ1n) is 3.83. The van der Waals surface area contributed by atoms with Gasteiger partial charge in [-0.25, -0.2) is 14.3 Å². The third kappa shape index (κ3) is 1.22. The third-order valence-electron chi connectivity index (χ3n) is 2.26. The monoisotopic (exact) mass is 326 g/mol. The second-order valence-electron chi connectivity index (χ2n) is 3.08. The van der Waals surface area contributed by atoms with E-state index in [1.54, 1.807) is 18.2 Å². The maximum absolute atomic E-state index is 11.6. The first-order chi connectivity index (χ1) is 6.44. The minimum atomic E-state index is -3.68. The smallest absolute Gasteiger partial charge is 0.259 e. The Morgan fingerprint density at radius 3 is 2.79 bits per heavy atom. The van der Waals surface area contributed by atoms with E-state index in [4.69, 9.17) is 5.84 Å². The highest BCUT2D eigenvalue weighted by molar-refractivity contribution is 14.1. The van der Waals surface area contributed by atoms with E-state index < -0.39 is 27.1 Å². The maximum Gasteiger partial charge on any atom is 0.259 e. The van der Waals surface area contributed by atoms with Crippen molar-refractivity contribution in [3.8, 4) is 0 Å². The highest BCUT2D eigenvalue weighted by Gasteiger charge is 2.50. The van der Waals surface area contributed by atoms with Gasteiger partial charge in [0.15, 0.2) is 0 Å². The van der Waals surface area contributed by atoms with E-state index in [0.29, 0.717) is 4.41 Å². The Bertz CT molecular complexity index is 454. The number of nitrogens with two attached hydrogens (primary N) is 1. The van der Waals surface area contributed by atoms with Crippen LogP contribution in [-0.2, 0) is 14.8 Å². The second-order valence-corrected chi connectivity index (χ2v) is 6.29. The Hall–Kier alpha value is -0.410. The topological polar surface area (TPSA) is 80.5 Å². The number of fused-ring (bicyclic) bond motifs is 1. The van der Waals surface area contributed by atoms with Gasteiger partial charge in [0.2, 0.25) is 0 Å². The number of nitrogens with zero attached hydrogens (tertiary/aromatic N) is 1. The van der Waals surface area contributed by atoms with Crippen LogP contribution in [0.5, 0.6) is 0 Å². The van der Waals surface area contributed by atoms with Crippen LogP contribution in [0.25, 0.3) is 0 Å². The summed E-state index contributed by atoms with van der Waals surface area (Å²) in [7, 11) is -3.68. The Morgan fingerprint density at radius 2 is 2.14 bits per heavy atom. The van der Waals surface area contributed by atoms with E-state index in [1.165, 1.54) is 0 Å². The molecule has 1 fully saturated rings.